The Morgan fingerprint density at radius 2 is 1.08 bits per heavy atom. The minimum Gasteiger partial charge on any atom is -0.458 e. The quantitative estimate of drug-likeness (QED) is 0.127. The normalized spacial score (nSPS) is 13.6. The summed E-state index contributed by atoms with van der Waals surface area (Å²) in [6, 6.07) is 51.0. The molecule has 1 aliphatic heterocycles. The lowest BCUT2D eigenvalue weighted by atomic mass is 9.81. The van der Waals surface area contributed by atoms with Crippen LogP contribution in [-0.4, -0.2) is 14.1 Å². The lowest BCUT2D eigenvalue weighted by molar-refractivity contribution is -0.570. The number of nitrogens with zero attached hydrogens (tertiary/aromatic N) is 4. The third-order valence-electron chi connectivity index (χ3n) is 14.1. The summed E-state index contributed by atoms with van der Waals surface area (Å²) >= 11 is 0. The van der Waals surface area contributed by atoms with Crippen LogP contribution in [0.3, 0.4) is 0 Å². The Morgan fingerprint density at radius 1 is 0.493 bits per heavy atom. The van der Waals surface area contributed by atoms with E-state index in [1.54, 1.807) is 0 Å². The van der Waals surface area contributed by atoms with E-state index in [0.717, 1.165) is 88.9 Å². The molecule has 0 spiro atoms. The molecule has 0 unspecified atom stereocenters. The van der Waals surface area contributed by atoms with E-state index in [4.69, 9.17) is 13.8 Å². The Morgan fingerprint density at radius 3 is 1.79 bits per heavy atom. The maximum absolute atomic E-state index is 9.48. The zero-order chi connectivity index (χ0) is 53.3. The molecule has 12 rings (SSSR count). The van der Waals surface area contributed by atoms with E-state index in [2.05, 4.69) is 216 Å². The van der Waals surface area contributed by atoms with Gasteiger partial charge in [-0.1, -0.05) is 190 Å². The van der Waals surface area contributed by atoms with Crippen molar-refractivity contribution >= 4 is 32.8 Å². The molecule has 11 aromatic rings. The Bertz CT molecular complexity index is 4190. The van der Waals surface area contributed by atoms with Crippen LogP contribution in [0.1, 0.15) is 85.9 Å². The van der Waals surface area contributed by atoms with Gasteiger partial charge in [0.1, 0.15) is 17.3 Å². The van der Waals surface area contributed by atoms with Crippen LogP contribution < -0.4 is 9.30 Å². The molecule has 71 heavy (non-hydrogen) atoms. The number of hydrogen-bond acceptors (Lipinski definition) is 2. The Kier molecular flexibility index (Phi) is 8.89. The highest BCUT2D eigenvalue weighted by molar-refractivity contribution is 6.09. The van der Waals surface area contributed by atoms with Crippen molar-refractivity contribution in [1.82, 2.24) is 14.1 Å². The van der Waals surface area contributed by atoms with Crippen LogP contribution in [0, 0.1) is 6.33 Å². The van der Waals surface area contributed by atoms with Crippen LogP contribution in [0.25, 0.3) is 94.5 Å². The third-order valence-corrected chi connectivity index (χ3v) is 14.1. The van der Waals surface area contributed by atoms with Gasteiger partial charge in [0, 0.05) is 23.0 Å². The van der Waals surface area contributed by atoms with E-state index in [-0.39, 0.29) is 28.5 Å². The first kappa shape index (κ1) is 38.8. The fraction of sp³-hybridized carbons (Fsp3) is 0.182. The predicted molar refractivity (Wildman–Crippen MR) is 294 cm³/mol. The second kappa shape index (κ2) is 16.3. The van der Waals surface area contributed by atoms with E-state index >= 15 is 0 Å². The van der Waals surface area contributed by atoms with Gasteiger partial charge in [0.05, 0.1) is 40.3 Å². The molecule has 0 amide bonds. The highest BCUT2D eigenvalue weighted by Crippen LogP contribution is 2.47. The molecule has 5 nitrogen and oxygen atoms in total. The maximum atomic E-state index is 9.48. The number of rotatable bonds is 5. The molecule has 3 aromatic heterocycles. The molecule has 348 valence electrons. The van der Waals surface area contributed by atoms with Crippen molar-refractivity contribution in [3.63, 3.8) is 0 Å². The lowest BCUT2D eigenvalue weighted by Gasteiger charge is -2.26. The molecule has 4 heterocycles. The molecule has 0 aliphatic carbocycles. The highest BCUT2D eigenvalue weighted by Gasteiger charge is 2.29. The zero-order valence-electron chi connectivity index (χ0n) is 46.7. The standard InChI is InChI=1S/C66H58N4O/c1-64(2,3)43-32-33-67-61(38-43)70-58-28-18-17-26-53(58)54-31-30-47(40-60(54)70)71-48-35-44(65(4,5)6)34-46(39-48)68-41-69-62-56(42-20-11-10-12-21-42)36-45(66(7,8)9)37-57(62)52-25-16-14-23-50(52)49-22-13-15-24-51(49)55-27-19-29-59(68)63(55)69/h10-40H,1-9H3/i10D,11D,12D,20D,21D. The first-order valence-electron chi connectivity index (χ1n) is 27.0. The van der Waals surface area contributed by atoms with Gasteiger partial charge < -0.3 is 4.74 Å². The summed E-state index contributed by atoms with van der Waals surface area (Å²) in [5.41, 5.74) is 14.1. The highest BCUT2D eigenvalue weighted by atomic mass is 16.5. The molecule has 0 saturated carbocycles. The first-order chi connectivity index (χ1) is 36.2. The van der Waals surface area contributed by atoms with Crippen molar-refractivity contribution in [1.29, 1.82) is 0 Å². The minimum absolute atomic E-state index is 0.0684. The van der Waals surface area contributed by atoms with Crippen molar-refractivity contribution in [3.8, 4) is 73.2 Å². The molecule has 0 fully saturated rings. The fourth-order valence-corrected chi connectivity index (χ4v) is 10.3. The van der Waals surface area contributed by atoms with Crippen molar-refractivity contribution < 1.29 is 16.2 Å². The van der Waals surface area contributed by atoms with Crippen LogP contribution in [0.5, 0.6) is 11.5 Å². The molecule has 5 heteroatoms. The van der Waals surface area contributed by atoms with Crippen molar-refractivity contribution in [2.45, 2.75) is 78.6 Å². The largest absolute Gasteiger partial charge is 0.458 e. The number of pyridine rings is 1. The zero-order valence-corrected chi connectivity index (χ0v) is 41.7. The van der Waals surface area contributed by atoms with Crippen molar-refractivity contribution in [2.24, 2.45) is 0 Å². The molecular formula is C66H58N4O. The second-order valence-electron chi connectivity index (χ2n) is 22.0. The maximum Gasteiger partial charge on any atom is 0.269 e. The van der Waals surface area contributed by atoms with Gasteiger partial charge in [0.2, 0.25) is 0 Å². The molecule has 0 radical (unpaired) electrons. The lowest BCUT2D eigenvalue weighted by Crippen LogP contribution is -2.32. The Labute approximate surface area is 424 Å². The monoisotopic (exact) mass is 927 g/mol. The molecule has 0 bridgehead atoms. The van der Waals surface area contributed by atoms with Gasteiger partial charge in [0.15, 0.2) is 0 Å². The number of para-hydroxylation sites is 2. The molecule has 1 aliphatic rings. The summed E-state index contributed by atoms with van der Waals surface area (Å²) in [5.74, 6) is 2.15. The summed E-state index contributed by atoms with van der Waals surface area (Å²) in [6.45, 7) is 19.7. The van der Waals surface area contributed by atoms with Gasteiger partial charge in [-0.05, 0) is 126 Å². The van der Waals surface area contributed by atoms with Crippen molar-refractivity contribution in [3.05, 3.63) is 211 Å². The Hall–Kier alpha value is -8.02. The van der Waals surface area contributed by atoms with Crippen LogP contribution >= 0.6 is 0 Å². The van der Waals surface area contributed by atoms with E-state index in [1.165, 1.54) is 5.56 Å². The van der Waals surface area contributed by atoms with Crippen LogP contribution in [0.2, 0.25) is 0 Å². The summed E-state index contributed by atoms with van der Waals surface area (Å²) in [6.07, 6.45) is 5.77. The van der Waals surface area contributed by atoms with Gasteiger partial charge in [-0.2, -0.15) is 0 Å². The SMILES string of the molecule is [2H]c1c([2H])c([2H])c(-c2cc(C(C)(C)C)cc3c2-[n+]2[c-]n(-c4cc(Oc5ccc6c7ccccc7n(-c7cc(C(C)(C)C)ccn7)c6c5)cc(C(C)(C)C)c4)c4cccc(c42)-c2ccccc2-c2ccccc2-3)c([2H])c1[2H]. The van der Waals surface area contributed by atoms with Crippen LogP contribution in [-0.2, 0) is 16.2 Å². The summed E-state index contributed by atoms with van der Waals surface area (Å²) in [7, 11) is 0. The van der Waals surface area contributed by atoms with E-state index in [9.17, 15) is 2.74 Å². The topological polar surface area (TPSA) is 35.9 Å². The summed E-state index contributed by atoms with van der Waals surface area (Å²) in [4.78, 5) is 4.92. The average Bonchev–Trinajstić information content (AvgIpc) is 4.05. The summed E-state index contributed by atoms with van der Waals surface area (Å²) in [5, 5.41) is 2.22. The first-order valence-corrected chi connectivity index (χ1v) is 24.5. The van der Waals surface area contributed by atoms with Crippen LogP contribution in [0.4, 0.5) is 0 Å². The average molecular weight is 928 g/mol. The van der Waals surface area contributed by atoms with E-state index in [1.807, 2.05) is 24.4 Å². The predicted octanol–water partition coefficient (Wildman–Crippen LogP) is 16.9. The van der Waals surface area contributed by atoms with Gasteiger partial charge in [-0.25, -0.2) is 4.98 Å². The molecule has 0 saturated heterocycles. The minimum atomic E-state index is -0.439. The van der Waals surface area contributed by atoms with Crippen molar-refractivity contribution in [2.75, 3.05) is 0 Å². The summed E-state index contributed by atoms with van der Waals surface area (Å²) < 4.78 is 58.9. The molecular weight excluding hydrogens is 865 g/mol. The number of aromatic nitrogens is 4. The van der Waals surface area contributed by atoms with Gasteiger partial charge in [-0.3, -0.25) is 13.7 Å². The smallest absolute Gasteiger partial charge is 0.269 e. The molecule has 8 aromatic carbocycles. The van der Waals surface area contributed by atoms with Gasteiger partial charge >= 0.3 is 0 Å². The van der Waals surface area contributed by atoms with Gasteiger partial charge in [0.25, 0.3) is 6.33 Å². The van der Waals surface area contributed by atoms with Gasteiger partial charge in [-0.15, -0.1) is 0 Å². The number of imidazole rings is 1. The number of ether oxygens (including phenoxy) is 1. The van der Waals surface area contributed by atoms with E-state index in [0.29, 0.717) is 22.7 Å². The van der Waals surface area contributed by atoms with E-state index < -0.39 is 23.5 Å². The number of fused-ring (bicyclic) bond motifs is 10. The van der Waals surface area contributed by atoms with Crippen LogP contribution in [0.15, 0.2) is 188 Å². The molecule has 0 N–H and O–H groups in total. The Balaban J connectivity index is 1.13. The number of benzene rings is 8. The number of hydrogen-bond donors (Lipinski definition) is 0. The molecule has 0 atom stereocenters. The fourth-order valence-electron chi connectivity index (χ4n) is 10.3. The third kappa shape index (κ3) is 7.54. The second-order valence-corrected chi connectivity index (χ2v) is 22.0.